The molecule has 0 radical (unpaired) electrons. The number of rotatable bonds is 1. The molecule has 2 rings (SSSR count). The molecular formula is C12H15N3O. The summed E-state index contributed by atoms with van der Waals surface area (Å²) in [6.07, 6.45) is 3.38. The molecule has 0 saturated heterocycles. The van der Waals surface area contributed by atoms with E-state index in [-0.39, 0.29) is 5.78 Å². The average molecular weight is 217 g/mol. The van der Waals surface area contributed by atoms with Crippen molar-refractivity contribution in [2.75, 3.05) is 0 Å². The van der Waals surface area contributed by atoms with Crippen LogP contribution in [0.3, 0.4) is 0 Å². The van der Waals surface area contributed by atoms with Gasteiger partial charge in [0.2, 0.25) is 0 Å². The number of fused-ring (bicyclic) bond motifs is 1. The van der Waals surface area contributed by atoms with Crippen molar-refractivity contribution in [2.24, 2.45) is 5.41 Å². The smallest absolute Gasteiger partial charge is 0.171 e. The van der Waals surface area contributed by atoms with Gasteiger partial charge in [-0.1, -0.05) is 20.8 Å². The summed E-state index contributed by atoms with van der Waals surface area (Å²) in [7, 11) is 0. The summed E-state index contributed by atoms with van der Waals surface area (Å²) in [5.74, 6) is 0.0821. The van der Waals surface area contributed by atoms with E-state index in [1.807, 2.05) is 27.7 Å². The van der Waals surface area contributed by atoms with Crippen LogP contribution in [0.5, 0.6) is 0 Å². The molecule has 0 unspecified atom stereocenters. The molecule has 2 aromatic rings. The van der Waals surface area contributed by atoms with E-state index < -0.39 is 5.41 Å². The second kappa shape index (κ2) is 3.40. The van der Waals surface area contributed by atoms with E-state index in [1.54, 1.807) is 12.4 Å². The van der Waals surface area contributed by atoms with Crippen LogP contribution >= 0.6 is 0 Å². The summed E-state index contributed by atoms with van der Waals surface area (Å²) in [6, 6.07) is 0. The molecule has 0 saturated carbocycles. The zero-order valence-corrected chi connectivity index (χ0v) is 9.96. The molecule has 0 aliphatic carbocycles. The van der Waals surface area contributed by atoms with Crippen molar-refractivity contribution in [3.63, 3.8) is 0 Å². The van der Waals surface area contributed by atoms with Crippen molar-refractivity contribution in [3.8, 4) is 0 Å². The van der Waals surface area contributed by atoms with Gasteiger partial charge in [-0.2, -0.15) is 0 Å². The van der Waals surface area contributed by atoms with Gasteiger partial charge in [0.1, 0.15) is 5.52 Å². The number of hydrogen-bond donors (Lipinski definition) is 1. The number of aromatic amines is 1. The Morgan fingerprint density at radius 1 is 1.38 bits per heavy atom. The molecule has 0 bridgehead atoms. The summed E-state index contributed by atoms with van der Waals surface area (Å²) in [5, 5.41) is 0. The second-order valence-electron chi connectivity index (χ2n) is 4.99. The maximum Gasteiger partial charge on any atom is 0.171 e. The molecule has 2 heterocycles. The Morgan fingerprint density at radius 2 is 2.06 bits per heavy atom. The van der Waals surface area contributed by atoms with Crippen LogP contribution in [0.1, 0.15) is 36.8 Å². The minimum absolute atomic E-state index is 0.0821. The van der Waals surface area contributed by atoms with Crippen LogP contribution in [0.4, 0.5) is 0 Å². The van der Waals surface area contributed by atoms with Gasteiger partial charge in [0.25, 0.3) is 0 Å². The monoisotopic (exact) mass is 217 g/mol. The Kier molecular flexibility index (Phi) is 2.30. The highest BCUT2D eigenvalue weighted by Gasteiger charge is 2.26. The summed E-state index contributed by atoms with van der Waals surface area (Å²) in [5.41, 5.74) is 2.37. The predicted molar refractivity (Wildman–Crippen MR) is 62.4 cm³/mol. The first kappa shape index (κ1) is 10.8. The van der Waals surface area contributed by atoms with E-state index in [0.717, 1.165) is 5.69 Å². The number of aryl methyl sites for hydroxylation is 1. The molecule has 4 nitrogen and oxygen atoms in total. The van der Waals surface area contributed by atoms with Crippen LogP contribution in [-0.2, 0) is 0 Å². The number of carbonyl (C=O) groups excluding carboxylic acids is 1. The lowest BCUT2D eigenvalue weighted by atomic mass is 9.87. The van der Waals surface area contributed by atoms with Crippen LogP contribution in [0.25, 0.3) is 11.2 Å². The van der Waals surface area contributed by atoms with Crippen molar-refractivity contribution in [2.45, 2.75) is 27.7 Å². The minimum Gasteiger partial charge on any atom is -0.344 e. The number of nitrogens with zero attached hydrogens (tertiary/aromatic N) is 2. The van der Waals surface area contributed by atoms with Gasteiger partial charge in [-0.15, -0.1) is 0 Å². The molecular weight excluding hydrogens is 202 g/mol. The zero-order chi connectivity index (χ0) is 11.9. The summed E-state index contributed by atoms with van der Waals surface area (Å²) in [4.78, 5) is 23.7. The van der Waals surface area contributed by atoms with Gasteiger partial charge >= 0.3 is 0 Å². The number of Topliss-reactive ketones (excluding diaryl/α,β-unsaturated/α-hetero) is 1. The van der Waals surface area contributed by atoms with Gasteiger partial charge in [0.15, 0.2) is 11.4 Å². The van der Waals surface area contributed by atoms with Crippen LogP contribution in [0, 0.1) is 12.3 Å². The number of nitrogens with one attached hydrogen (secondary N) is 1. The van der Waals surface area contributed by atoms with Crippen molar-refractivity contribution >= 4 is 16.9 Å². The number of aromatic nitrogens is 3. The molecule has 16 heavy (non-hydrogen) atoms. The third-order valence-corrected chi connectivity index (χ3v) is 2.43. The van der Waals surface area contributed by atoms with E-state index in [2.05, 4.69) is 15.0 Å². The summed E-state index contributed by atoms with van der Waals surface area (Å²) < 4.78 is 0. The maximum absolute atomic E-state index is 12.2. The van der Waals surface area contributed by atoms with Crippen molar-refractivity contribution in [1.82, 2.24) is 15.0 Å². The molecule has 0 aliphatic rings. The molecule has 84 valence electrons. The molecule has 4 heteroatoms. The highest BCUT2D eigenvalue weighted by atomic mass is 16.1. The SMILES string of the molecule is Cc1cnc2[nH]cc(C(=O)C(C)(C)C)c2n1. The van der Waals surface area contributed by atoms with E-state index >= 15 is 0 Å². The Bertz CT molecular complexity index is 549. The van der Waals surface area contributed by atoms with Gasteiger partial charge < -0.3 is 4.98 Å². The maximum atomic E-state index is 12.2. The first-order chi connectivity index (χ1) is 7.39. The number of hydrogen-bond acceptors (Lipinski definition) is 3. The average Bonchev–Trinajstić information content (AvgIpc) is 2.57. The Labute approximate surface area is 94.1 Å². The second-order valence-corrected chi connectivity index (χ2v) is 4.99. The number of ketones is 1. The molecule has 1 N–H and O–H groups in total. The Morgan fingerprint density at radius 3 is 2.69 bits per heavy atom. The van der Waals surface area contributed by atoms with Crippen LogP contribution < -0.4 is 0 Å². The Balaban J connectivity index is 2.62. The van der Waals surface area contributed by atoms with E-state index in [4.69, 9.17) is 0 Å². The third-order valence-electron chi connectivity index (χ3n) is 2.43. The van der Waals surface area contributed by atoms with Gasteiger partial charge in [0, 0.05) is 11.6 Å². The first-order valence-corrected chi connectivity index (χ1v) is 5.25. The molecule has 2 aromatic heterocycles. The van der Waals surface area contributed by atoms with Crippen LogP contribution in [-0.4, -0.2) is 20.7 Å². The first-order valence-electron chi connectivity index (χ1n) is 5.25. The standard InChI is InChI=1S/C12H15N3O/c1-7-5-13-11-9(15-7)8(6-14-11)10(16)12(2,3)4/h5-6H,1-4H3,(H,13,14). The van der Waals surface area contributed by atoms with E-state index in [0.29, 0.717) is 16.7 Å². The van der Waals surface area contributed by atoms with Crippen molar-refractivity contribution < 1.29 is 4.79 Å². The van der Waals surface area contributed by atoms with Gasteiger partial charge in [-0.3, -0.25) is 4.79 Å². The Hall–Kier alpha value is -1.71. The third kappa shape index (κ3) is 1.71. The fraction of sp³-hybridized carbons (Fsp3) is 0.417. The predicted octanol–water partition coefficient (Wildman–Crippen LogP) is 2.50. The van der Waals surface area contributed by atoms with Crippen LogP contribution in [0.15, 0.2) is 12.4 Å². The molecule has 0 spiro atoms. The quantitative estimate of drug-likeness (QED) is 0.746. The van der Waals surface area contributed by atoms with E-state index in [1.165, 1.54) is 0 Å². The van der Waals surface area contributed by atoms with Gasteiger partial charge in [0.05, 0.1) is 17.5 Å². The summed E-state index contributed by atoms with van der Waals surface area (Å²) >= 11 is 0. The zero-order valence-electron chi connectivity index (χ0n) is 9.96. The van der Waals surface area contributed by atoms with E-state index in [9.17, 15) is 4.79 Å². The number of H-pyrrole nitrogens is 1. The number of carbonyl (C=O) groups is 1. The normalized spacial score (nSPS) is 12.0. The molecule has 0 amide bonds. The topological polar surface area (TPSA) is 58.6 Å². The van der Waals surface area contributed by atoms with Gasteiger partial charge in [-0.05, 0) is 6.92 Å². The minimum atomic E-state index is -0.402. The lowest BCUT2D eigenvalue weighted by molar-refractivity contribution is 0.0860. The fourth-order valence-electron chi connectivity index (χ4n) is 1.56. The molecule has 0 aliphatic heterocycles. The lowest BCUT2D eigenvalue weighted by Gasteiger charge is -2.15. The largest absolute Gasteiger partial charge is 0.344 e. The fourth-order valence-corrected chi connectivity index (χ4v) is 1.56. The molecule has 0 fully saturated rings. The van der Waals surface area contributed by atoms with Gasteiger partial charge in [-0.25, -0.2) is 9.97 Å². The molecule has 0 atom stereocenters. The lowest BCUT2D eigenvalue weighted by Crippen LogP contribution is -2.20. The van der Waals surface area contributed by atoms with Crippen LogP contribution in [0.2, 0.25) is 0 Å². The highest BCUT2D eigenvalue weighted by molar-refractivity contribution is 6.08. The van der Waals surface area contributed by atoms with Crippen molar-refractivity contribution in [3.05, 3.63) is 23.7 Å². The molecule has 0 aromatic carbocycles. The highest BCUT2D eigenvalue weighted by Crippen LogP contribution is 2.24. The summed E-state index contributed by atoms with van der Waals surface area (Å²) in [6.45, 7) is 7.57. The van der Waals surface area contributed by atoms with Crippen molar-refractivity contribution in [1.29, 1.82) is 0 Å².